The molecule has 1 heterocycles. The number of ether oxygens (including phenoxy) is 1. The Kier molecular flexibility index (Phi) is 8.40. The Morgan fingerprint density at radius 1 is 1.21 bits per heavy atom. The lowest BCUT2D eigenvalue weighted by Gasteiger charge is -2.29. The highest BCUT2D eigenvalue weighted by atomic mass is 16.6. The predicted molar refractivity (Wildman–Crippen MR) is 96.7 cm³/mol. The van der Waals surface area contributed by atoms with Crippen LogP contribution in [0.4, 0.5) is 0 Å². The number of hydrogen-bond donors (Lipinski definition) is 1. The van der Waals surface area contributed by atoms with Gasteiger partial charge in [0.2, 0.25) is 0 Å². The molecular formula is C20H33NO3. The third kappa shape index (κ3) is 9.02. The van der Waals surface area contributed by atoms with E-state index in [1.54, 1.807) is 6.20 Å². The van der Waals surface area contributed by atoms with Crippen molar-refractivity contribution in [3.05, 3.63) is 30.1 Å². The Labute approximate surface area is 146 Å². The first kappa shape index (κ1) is 20.6. The molecule has 1 rings (SSSR count). The lowest BCUT2D eigenvalue weighted by Crippen LogP contribution is -2.31. The average molecular weight is 335 g/mol. The summed E-state index contributed by atoms with van der Waals surface area (Å²) >= 11 is 0. The van der Waals surface area contributed by atoms with Crippen LogP contribution in [0.1, 0.15) is 78.2 Å². The Morgan fingerprint density at radius 3 is 2.50 bits per heavy atom. The van der Waals surface area contributed by atoms with Gasteiger partial charge in [-0.15, -0.1) is 0 Å². The summed E-state index contributed by atoms with van der Waals surface area (Å²) in [7, 11) is 0. The fraction of sp³-hybridized carbons (Fsp3) is 0.700. The summed E-state index contributed by atoms with van der Waals surface area (Å²) in [5.74, 6) is -0.232. The van der Waals surface area contributed by atoms with Gasteiger partial charge in [0.05, 0.1) is 5.60 Å². The fourth-order valence-electron chi connectivity index (χ4n) is 2.78. The van der Waals surface area contributed by atoms with Crippen LogP contribution in [0.25, 0.3) is 0 Å². The molecule has 1 aromatic rings. The molecule has 1 N–H and O–H groups in total. The molecule has 0 fully saturated rings. The van der Waals surface area contributed by atoms with Gasteiger partial charge in [-0.3, -0.25) is 9.78 Å². The van der Waals surface area contributed by atoms with Crippen molar-refractivity contribution in [1.82, 2.24) is 4.98 Å². The van der Waals surface area contributed by atoms with Crippen molar-refractivity contribution in [1.29, 1.82) is 0 Å². The summed E-state index contributed by atoms with van der Waals surface area (Å²) in [6.45, 7) is 7.70. The number of carbonyl (C=O) groups is 1. The minimum atomic E-state index is -0.783. The van der Waals surface area contributed by atoms with Crippen LogP contribution in [0.2, 0.25) is 0 Å². The van der Waals surface area contributed by atoms with Crippen LogP contribution in [0.5, 0.6) is 0 Å². The number of pyridine rings is 1. The maximum absolute atomic E-state index is 11.9. The van der Waals surface area contributed by atoms with E-state index in [0.717, 1.165) is 32.1 Å². The van der Waals surface area contributed by atoms with E-state index in [1.165, 1.54) is 5.56 Å². The van der Waals surface area contributed by atoms with Gasteiger partial charge in [0.1, 0.15) is 5.60 Å². The molecule has 0 radical (unpaired) electrons. The molecule has 0 aromatic carbocycles. The summed E-state index contributed by atoms with van der Waals surface area (Å²) in [5, 5.41) is 10.9. The number of hydrogen-bond acceptors (Lipinski definition) is 4. The van der Waals surface area contributed by atoms with Crippen molar-refractivity contribution in [2.45, 2.75) is 90.3 Å². The monoisotopic (exact) mass is 335 g/mol. The van der Waals surface area contributed by atoms with E-state index in [0.29, 0.717) is 12.8 Å². The van der Waals surface area contributed by atoms with Crippen LogP contribution in [0.15, 0.2) is 24.5 Å². The average Bonchev–Trinajstić information content (AvgIpc) is 2.51. The highest BCUT2D eigenvalue weighted by molar-refractivity contribution is 5.69. The molecule has 4 nitrogen and oxygen atoms in total. The molecule has 0 aliphatic rings. The maximum atomic E-state index is 11.9. The van der Waals surface area contributed by atoms with Gasteiger partial charge in [-0.1, -0.05) is 25.8 Å². The zero-order valence-electron chi connectivity index (χ0n) is 15.7. The van der Waals surface area contributed by atoms with Crippen molar-refractivity contribution >= 4 is 5.97 Å². The van der Waals surface area contributed by atoms with Crippen LogP contribution >= 0.6 is 0 Å². The van der Waals surface area contributed by atoms with Gasteiger partial charge in [-0.05, 0) is 64.5 Å². The molecule has 0 aliphatic heterocycles. The normalized spacial score (nSPS) is 14.2. The SMILES string of the molecule is CCCCC(O)(CCCc1cccnc1)CCC(=O)OC(C)(C)C. The second kappa shape index (κ2) is 9.77. The summed E-state index contributed by atoms with van der Waals surface area (Å²) in [5.41, 5.74) is -0.0730. The second-order valence-corrected chi connectivity index (χ2v) is 7.63. The Hall–Kier alpha value is -1.42. The van der Waals surface area contributed by atoms with Crippen molar-refractivity contribution < 1.29 is 14.6 Å². The van der Waals surface area contributed by atoms with E-state index in [-0.39, 0.29) is 12.4 Å². The number of rotatable bonds is 10. The molecule has 1 unspecified atom stereocenters. The third-order valence-corrected chi connectivity index (χ3v) is 4.04. The van der Waals surface area contributed by atoms with Crippen molar-refractivity contribution in [3.8, 4) is 0 Å². The van der Waals surface area contributed by atoms with Gasteiger partial charge >= 0.3 is 5.97 Å². The van der Waals surface area contributed by atoms with Crippen molar-refractivity contribution in [2.24, 2.45) is 0 Å². The summed E-state index contributed by atoms with van der Waals surface area (Å²) in [4.78, 5) is 16.1. The molecule has 1 atom stereocenters. The molecule has 0 bridgehead atoms. The molecule has 0 spiro atoms. The number of aliphatic hydroxyl groups is 1. The van der Waals surface area contributed by atoms with Gasteiger partial charge in [0, 0.05) is 18.8 Å². The topological polar surface area (TPSA) is 59.4 Å². The number of aryl methyl sites for hydroxylation is 1. The first-order chi connectivity index (χ1) is 11.2. The third-order valence-electron chi connectivity index (χ3n) is 4.04. The number of aromatic nitrogens is 1. The van der Waals surface area contributed by atoms with Crippen molar-refractivity contribution in [2.75, 3.05) is 0 Å². The van der Waals surface area contributed by atoms with Crippen LogP contribution in [0.3, 0.4) is 0 Å². The zero-order valence-corrected chi connectivity index (χ0v) is 15.7. The molecule has 0 aliphatic carbocycles. The molecule has 0 saturated heterocycles. The Balaban J connectivity index is 2.49. The lowest BCUT2D eigenvalue weighted by molar-refractivity contribution is -0.156. The smallest absolute Gasteiger partial charge is 0.306 e. The van der Waals surface area contributed by atoms with Crippen LogP contribution in [-0.4, -0.2) is 27.3 Å². The van der Waals surface area contributed by atoms with Gasteiger partial charge in [-0.25, -0.2) is 0 Å². The molecule has 136 valence electrons. The molecular weight excluding hydrogens is 302 g/mol. The number of esters is 1. The number of nitrogens with zero attached hydrogens (tertiary/aromatic N) is 1. The minimum absolute atomic E-state index is 0.232. The number of unbranched alkanes of at least 4 members (excludes halogenated alkanes) is 1. The van der Waals surface area contributed by atoms with Crippen LogP contribution < -0.4 is 0 Å². The number of carbonyl (C=O) groups excluding carboxylic acids is 1. The van der Waals surface area contributed by atoms with E-state index in [2.05, 4.69) is 18.0 Å². The maximum Gasteiger partial charge on any atom is 0.306 e. The van der Waals surface area contributed by atoms with Crippen LogP contribution in [-0.2, 0) is 16.0 Å². The largest absolute Gasteiger partial charge is 0.460 e. The summed E-state index contributed by atoms with van der Waals surface area (Å²) in [6.07, 6.45) is 9.60. The quantitative estimate of drug-likeness (QED) is 0.642. The van der Waals surface area contributed by atoms with Crippen LogP contribution in [0, 0.1) is 0 Å². The van der Waals surface area contributed by atoms with E-state index in [1.807, 2.05) is 33.0 Å². The van der Waals surface area contributed by atoms with Crippen molar-refractivity contribution in [3.63, 3.8) is 0 Å². The zero-order chi connectivity index (χ0) is 18.1. The van der Waals surface area contributed by atoms with E-state index in [4.69, 9.17) is 4.74 Å². The summed E-state index contributed by atoms with van der Waals surface area (Å²) < 4.78 is 5.35. The fourth-order valence-corrected chi connectivity index (χ4v) is 2.78. The van der Waals surface area contributed by atoms with E-state index >= 15 is 0 Å². The van der Waals surface area contributed by atoms with Gasteiger partial charge in [-0.2, -0.15) is 0 Å². The molecule has 24 heavy (non-hydrogen) atoms. The highest BCUT2D eigenvalue weighted by Gasteiger charge is 2.28. The molecule has 4 heteroatoms. The Bertz CT molecular complexity index is 481. The first-order valence-corrected chi connectivity index (χ1v) is 9.07. The predicted octanol–water partition coefficient (Wildman–Crippen LogP) is 4.45. The van der Waals surface area contributed by atoms with Gasteiger partial charge in [0.25, 0.3) is 0 Å². The standard InChI is InChI=1S/C20H33NO3/c1-5-6-12-20(23,14-11-18(22)24-19(2,3)4)13-7-9-17-10-8-15-21-16-17/h8,10,15-16,23H,5-7,9,11-14H2,1-4H3. The molecule has 0 amide bonds. The second-order valence-electron chi connectivity index (χ2n) is 7.63. The first-order valence-electron chi connectivity index (χ1n) is 9.07. The van der Waals surface area contributed by atoms with E-state index < -0.39 is 11.2 Å². The molecule has 0 saturated carbocycles. The minimum Gasteiger partial charge on any atom is -0.460 e. The van der Waals surface area contributed by atoms with E-state index in [9.17, 15) is 9.90 Å². The lowest BCUT2D eigenvalue weighted by atomic mass is 9.86. The molecule has 1 aromatic heterocycles. The highest BCUT2D eigenvalue weighted by Crippen LogP contribution is 2.27. The Morgan fingerprint density at radius 2 is 1.92 bits per heavy atom. The van der Waals surface area contributed by atoms with Gasteiger partial charge < -0.3 is 9.84 Å². The summed E-state index contributed by atoms with van der Waals surface area (Å²) in [6, 6.07) is 3.99. The van der Waals surface area contributed by atoms with Gasteiger partial charge in [0.15, 0.2) is 0 Å².